The highest BCUT2D eigenvalue weighted by Gasteiger charge is 2.12. The normalized spacial score (nSPS) is 10.1. The summed E-state index contributed by atoms with van der Waals surface area (Å²) in [7, 11) is 3.32. The summed E-state index contributed by atoms with van der Waals surface area (Å²) in [5, 5.41) is 0. The average molecular weight is 272 g/mol. The van der Waals surface area contributed by atoms with Gasteiger partial charge in [0.05, 0.1) is 12.7 Å². The first-order valence-electron chi connectivity index (χ1n) is 6.17. The van der Waals surface area contributed by atoms with Crippen LogP contribution in [0.15, 0.2) is 47.4 Å². The largest absolute Gasteiger partial charge is 0.497 e. The van der Waals surface area contributed by atoms with Crippen LogP contribution in [0.25, 0.3) is 0 Å². The fourth-order valence-electron chi connectivity index (χ4n) is 1.88. The van der Waals surface area contributed by atoms with Gasteiger partial charge in [-0.2, -0.15) is 0 Å². The predicted molar refractivity (Wildman–Crippen MR) is 75.9 cm³/mol. The summed E-state index contributed by atoms with van der Waals surface area (Å²) in [6, 6.07) is 10.4. The lowest BCUT2D eigenvalue weighted by atomic mass is 10.2. The molecule has 0 saturated carbocycles. The molecular weight excluding hydrogens is 256 g/mol. The number of aromatic amines is 1. The molecule has 0 unspecified atom stereocenters. The number of H-pyrrole nitrogens is 1. The van der Waals surface area contributed by atoms with E-state index in [-0.39, 0.29) is 11.5 Å². The van der Waals surface area contributed by atoms with E-state index >= 15 is 0 Å². The fraction of sp³-hybridized carbons (Fsp3) is 0.200. The molecule has 5 nitrogen and oxygen atoms in total. The number of carbonyl (C=O) groups is 1. The molecule has 0 spiro atoms. The Bertz CT molecular complexity index is 644. The minimum atomic E-state index is -0.225. The highest BCUT2D eigenvalue weighted by atomic mass is 16.5. The minimum absolute atomic E-state index is 0.149. The van der Waals surface area contributed by atoms with Gasteiger partial charge >= 0.3 is 0 Å². The van der Waals surface area contributed by atoms with Crippen LogP contribution in [0, 0.1) is 0 Å². The molecule has 2 rings (SSSR count). The maximum absolute atomic E-state index is 12.2. The number of ether oxygens (including phenoxy) is 1. The van der Waals surface area contributed by atoms with Crippen molar-refractivity contribution in [3.8, 4) is 5.75 Å². The quantitative estimate of drug-likeness (QED) is 0.920. The Balaban J connectivity index is 2.10. The summed E-state index contributed by atoms with van der Waals surface area (Å²) in [5.41, 5.74) is 1.21. The lowest BCUT2D eigenvalue weighted by Gasteiger charge is -2.17. The molecule has 1 aromatic heterocycles. The van der Waals surface area contributed by atoms with E-state index in [0.29, 0.717) is 12.1 Å². The molecule has 0 atom stereocenters. The number of benzene rings is 1. The van der Waals surface area contributed by atoms with Crippen LogP contribution in [0.4, 0.5) is 0 Å². The maximum Gasteiger partial charge on any atom is 0.255 e. The molecule has 5 heteroatoms. The van der Waals surface area contributed by atoms with Gasteiger partial charge in [-0.3, -0.25) is 9.59 Å². The van der Waals surface area contributed by atoms with Crippen LogP contribution in [-0.4, -0.2) is 29.9 Å². The van der Waals surface area contributed by atoms with E-state index in [0.717, 1.165) is 11.3 Å². The van der Waals surface area contributed by atoms with Crippen LogP contribution in [0.2, 0.25) is 0 Å². The third-order valence-corrected chi connectivity index (χ3v) is 2.93. The first-order chi connectivity index (χ1) is 9.60. The summed E-state index contributed by atoms with van der Waals surface area (Å²) in [6.45, 7) is 0.467. The zero-order valence-corrected chi connectivity index (χ0v) is 11.4. The smallest absolute Gasteiger partial charge is 0.255 e. The molecule has 0 aliphatic carbocycles. The van der Waals surface area contributed by atoms with Crippen LogP contribution < -0.4 is 10.3 Å². The number of hydrogen-bond acceptors (Lipinski definition) is 3. The van der Waals surface area contributed by atoms with Crippen LogP contribution >= 0.6 is 0 Å². The van der Waals surface area contributed by atoms with E-state index in [2.05, 4.69) is 4.98 Å². The van der Waals surface area contributed by atoms with Gasteiger partial charge in [0.25, 0.3) is 5.91 Å². The number of nitrogens with zero attached hydrogens (tertiary/aromatic N) is 1. The molecule has 1 amide bonds. The molecule has 0 saturated heterocycles. The Morgan fingerprint density at radius 3 is 2.75 bits per heavy atom. The number of rotatable bonds is 4. The van der Waals surface area contributed by atoms with E-state index in [4.69, 9.17) is 4.74 Å². The Morgan fingerprint density at radius 1 is 1.30 bits per heavy atom. The molecule has 2 aromatic rings. The summed E-state index contributed by atoms with van der Waals surface area (Å²) in [6.07, 6.45) is 1.42. The van der Waals surface area contributed by atoms with Gasteiger partial charge in [0.2, 0.25) is 5.56 Å². The fourth-order valence-corrected chi connectivity index (χ4v) is 1.88. The van der Waals surface area contributed by atoms with Crippen molar-refractivity contribution >= 4 is 5.91 Å². The number of carbonyl (C=O) groups excluding carboxylic acids is 1. The molecule has 0 aliphatic rings. The molecule has 0 bridgehead atoms. The van der Waals surface area contributed by atoms with E-state index in [9.17, 15) is 9.59 Å². The van der Waals surface area contributed by atoms with Gasteiger partial charge in [0.1, 0.15) is 5.75 Å². The second-order valence-corrected chi connectivity index (χ2v) is 4.45. The van der Waals surface area contributed by atoms with Crippen molar-refractivity contribution in [3.63, 3.8) is 0 Å². The zero-order valence-electron chi connectivity index (χ0n) is 11.4. The van der Waals surface area contributed by atoms with Crippen molar-refractivity contribution in [1.82, 2.24) is 9.88 Å². The van der Waals surface area contributed by atoms with Gasteiger partial charge < -0.3 is 14.6 Å². The third-order valence-electron chi connectivity index (χ3n) is 2.93. The molecular formula is C15H16N2O3. The van der Waals surface area contributed by atoms with Crippen LogP contribution in [0.3, 0.4) is 0 Å². The molecule has 0 aliphatic heterocycles. The predicted octanol–water partition coefficient (Wildman–Crippen LogP) is 1.66. The Hall–Kier alpha value is -2.56. The second kappa shape index (κ2) is 6.06. The Labute approximate surface area is 116 Å². The highest BCUT2D eigenvalue weighted by molar-refractivity contribution is 5.93. The molecule has 20 heavy (non-hydrogen) atoms. The van der Waals surface area contributed by atoms with E-state index < -0.39 is 0 Å². The topological polar surface area (TPSA) is 62.4 Å². The molecule has 0 fully saturated rings. The van der Waals surface area contributed by atoms with Gasteiger partial charge in [0.15, 0.2) is 0 Å². The number of pyridine rings is 1. The lowest BCUT2D eigenvalue weighted by Crippen LogP contribution is -2.26. The molecule has 104 valence electrons. The van der Waals surface area contributed by atoms with E-state index in [1.165, 1.54) is 18.3 Å². The van der Waals surface area contributed by atoms with Gasteiger partial charge in [0, 0.05) is 25.9 Å². The highest BCUT2D eigenvalue weighted by Crippen LogP contribution is 2.14. The third kappa shape index (κ3) is 3.26. The maximum atomic E-state index is 12.2. The van der Waals surface area contributed by atoms with Gasteiger partial charge in [-0.1, -0.05) is 12.1 Å². The first-order valence-corrected chi connectivity index (χ1v) is 6.17. The number of methoxy groups -OCH3 is 1. The van der Waals surface area contributed by atoms with Gasteiger partial charge in [-0.15, -0.1) is 0 Å². The summed E-state index contributed by atoms with van der Waals surface area (Å²) < 4.78 is 5.15. The van der Waals surface area contributed by atoms with Crippen LogP contribution in [-0.2, 0) is 6.54 Å². The Morgan fingerprint density at radius 2 is 2.10 bits per heavy atom. The van der Waals surface area contributed by atoms with Crippen LogP contribution in [0.5, 0.6) is 5.75 Å². The van der Waals surface area contributed by atoms with Crippen LogP contribution in [0.1, 0.15) is 15.9 Å². The van der Waals surface area contributed by atoms with Crippen molar-refractivity contribution in [2.75, 3.05) is 14.2 Å². The lowest BCUT2D eigenvalue weighted by molar-refractivity contribution is 0.0784. The number of aromatic nitrogens is 1. The average Bonchev–Trinajstić information content (AvgIpc) is 2.47. The summed E-state index contributed by atoms with van der Waals surface area (Å²) in [5.74, 6) is 0.608. The summed E-state index contributed by atoms with van der Waals surface area (Å²) >= 11 is 0. The van der Waals surface area contributed by atoms with Crippen molar-refractivity contribution in [3.05, 3.63) is 64.1 Å². The van der Waals surface area contributed by atoms with E-state index in [1.807, 2.05) is 24.3 Å². The van der Waals surface area contributed by atoms with Crippen molar-refractivity contribution in [2.24, 2.45) is 0 Å². The molecule has 1 N–H and O–H groups in total. The summed E-state index contributed by atoms with van der Waals surface area (Å²) in [4.78, 5) is 27.2. The Kier molecular flexibility index (Phi) is 4.20. The van der Waals surface area contributed by atoms with Gasteiger partial charge in [-0.25, -0.2) is 0 Å². The number of hydrogen-bond donors (Lipinski definition) is 1. The number of amides is 1. The minimum Gasteiger partial charge on any atom is -0.497 e. The second-order valence-electron chi connectivity index (χ2n) is 4.45. The SMILES string of the molecule is COc1cccc(CN(C)C(=O)c2ccc(=O)[nH]c2)c1. The van der Waals surface area contributed by atoms with Crippen molar-refractivity contribution in [2.45, 2.75) is 6.54 Å². The van der Waals surface area contributed by atoms with Crippen molar-refractivity contribution in [1.29, 1.82) is 0 Å². The first kappa shape index (κ1) is 13.9. The van der Waals surface area contributed by atoms with Gasteiger partial charge in [-0.05, 0) is 23.8 Å². The molecule has 1 aromatic carbocycles. The zero-order chi connectivity index (χ0) is 14.5. The molecule has 1 heterocycles. The standard InChI is InChI=1S/C15H16N2O3/c1-17(10-11-4-3-5-13(8-11)20-2)15(19)12-6-7-14(18)16-9-12/h3-9H,10H2,1-2H3,(H,16,18). The monoisotopic (exact) mass is 272 g/mol. The molecule has 0 radical (unpaired) electrons. The van der Waals surface area contributed by atoms with E-state index in [1.54, 1.807) is 19.1 Å². The number of nitrogens with one attached hydrogen (secondary N) is 1. The van der Waals surface area contributed by atoms with Crippen molar-refractivity contribution < 1.29 is 9.53 Å².